The van der Waals surface area contributed by atoms with E-state index < -0.39 is 0 Å². The number of nitrogens with zero attached hydrogens (tertiary/aromatic N) is 3. The number of anilines is 1. The summed E-state index contributed by atoms with van der Waals surface area (Å²) in [6.45, 7) is 2.06. The van der Waals surface area contributed by atoms with Crippen molar-refractivity contribution in [1.82, 2.24) is 14.4 Å². The van der Waals surface area contributed by atoms with Gasteiger partial charge in [0.15, 0.2) is 4.96 Å². The number of rotatable bonds is 5. The van der Waals surface area contributed by atoms with Gasteiger partial charge < -0.3 is 5.32 Å². The number of carbonyl (C=O) groups is 1. The van der Waals surface area contributed by atoms with Gasteiger partial charge in [-0.1, -0.05) is 42.0 Å². The van der Waals surface area contributed by atoms with E-state index in [1.165, 1.54) is 5.56 Å². The molecule has 30 heavy (non-hydrogen) atoms. The lowest BCUT2D eigenvalue weighted by atomic mass is 10.1. The lowest BCUT2D eigenvalue weighted by Crippen LogP contribution is -2.14. The second-order valence-corrected chi connectivity index (χ2v) is 8.76. The number of amides is 1. The van der Waals surface area contributed by atoms with Gasteiger partial charge in [-0.05, 0) is 19.1 Å². The van der Waals surface area contributed by atoms with E-state index in [-0.39, 0.29) is 12.3 Å². The molecule has 5 nitrogen and oxygen atoms in total. The SMILES string of the molecule is Cc1ccc(-c2nc(CC(=O)Nc3ccc(-c4cn5ccsc5n4)cc3)cs2)cc1. The zero-order valence-corrected chi connectivity index (χ0v) is 17.8. The first-order valence-corrected chi connectivity index (χ1v) is 11.2. The van der Waals surface area contributed by atoms with Gasteiger partial charge in [-0.25, -0.2) is 9.97 Å². The van der Waals surface area contributed by atoms with Crippen molar-refractivity contribution in [3.8, 4) is 21.8 Å². The van der Waals surface area contributed by atoms with E-state index in [0.717, 1.165) is 38.2 Å². The van der Waals surface area contributed by atoms with Crippen LogP contribution in [0.15, 0.2) is 71.7 Å². The molecule has 0 aliphatic heterocycles. The lowest BCUT2D eigenvalue weighted by molar-refractivity contribution is -0.115. The summed E-state index contributed by atoms with van der Waals surface area (Å²) in [5.74, 6) is -0.0778. The molecule has 0 radical (unpaired) electrons. The van der Waals surface area contributed by atoms with Gasteiger partial charge in [-0.3, -0.25) is 9.20 Å². The molecule has 148 valence electrons. The van der Waals surface area contributed by atoms with Gasteiger partial charge in [0.05, 0.1) is 17.8 Å². The first kappa shape index (κ1) is 18.7. The number of hydrogen-bond donors (Lipinski definition) is 1. The number of fused-ring (bicyclic) bond motifs is 1. The molecule has 0 atom stereocenters. The first-order valence-electron chi connectivity index (χ1n) is 9.48. The lowest BCUT2D eigenvalue weighted by Gasteiger charge is -2.05. The minimum absolute atomic E-state index is 0.0778. The average molecular weight is 431 g/mol. The maximum atomic E-state index is 12.4. The van der Waals surface area contributed by atoms with Crippen LogP contribution in [0.1, 0.15) is 11.3 Å². The number of nitrogens with one attached hydrogen (secondary N) is 1. The predicted molar refractivity (Wildman–Crippen MR) is 123 cm³/mol. The molecule has 3 aromatic heterocycles. The van der Waals surface area contributed by atoms with E-state index in [2.05, 4.69) is 46.5 Å². The van der Waals surface area contributed by atoms with E-state index in [1.807, 2.05) is 51.8 Å². The van der Waals surface area contributed by atoms with Gasteiger partial charge in [-0.15, -0.1) is 22.7 Å². The third kappa shape index (κ3) is 3.90. The van der Waals surface area contributed by atoms with Crippen LogP contribution < -0.4 is 5.32 Å². The monoisotopic (exact) mass is 430 g/mol. The topological polar surface area (TPSA) is 59.3 Å². The van der Waals surface area contributed by atoms with Crippen molar-refractivity contribution in [3.05, 3.63) is 82.9 Å². The number of benzene rings is 2. The maximum absolute atomic E-state index is 12.4. The highest BCUT2D eigenvalue weighted by molar-refractivity contribution is 7.15. The molecule has 1 N–H and O–H groups in total. The predicted octanol–water partition coefficient (Wildman–Crippen LogP) is 5.68. The van der Waals surface area contributed by atoms with Crippen molar-refractivity contribution in [2.24, 2.45) is 0 Å². The highest BCUT2D eigenvalue weighted by atomic mass is 32.1. The zero-order chi connectivity index (χ0) is 20.5. The standard InChI is InChI=1S/C23H18N4OS2/c1-15-2-4-17(5-3-15)22-25-19(14-30-22)12-21(28)24-18-8-6-16(7-9-18)20-13-27-10-11-29-23(27)26-20/h2-11,13-14H,12H2,1H3,(H,24,28). The molecule has 0 aliphatic carbocycles. The number of aromatic nitrogens is 3. The summed E-state index contributed by atoms with van der Waals surface area (Å²) in [4.78, 5) is 22.6. The number of imidazole rings is 1. The minimum Gasteiger partial charge on any atom is -0.326 e. The van der Waals surface area contributed by atoms with Crippen molar-refractivity contribution in [1.29, 1.82) is 0 Å². The van der Waals surface area contributed by atoms with Crippen LogP contribution in [-0.4, -0.2) is 20.3 Å². The molecule has 3 heterocycles. The van der Waals surface area contributed by atoms with E-state index in [1.54, 1.807) is 22.7 Å². The quantitative estimate of drug-likeness (QED) is 0.390. The molecule has 1 amide bonds. The Morgan fingerprint density at radius 2 is 1.77 bits per heavy atom. The Labute approximate surface area is 181 Å². The second kappa shape index (κ2) is 7.85. The van der Waals surface area contributed by atoms with Crippen LogP contribution >= 0.6 is 22.7 Å². The van der Waals surface area contributed by atoms with Crippen LogP contribution in [0.25, 0.3) is 26.8 Å². The van der Waals surface area contributed by atoms with Crippen LogP contribution in [0.3, 0.4) is 0 Å². The number of thiazole rings is 2. The summed E-state index contributed by atoms with van der Waals surface area (Å²) >= 11 is 3.17. The molecule has 0 aliphatic rings. The van der Waals surface area contributed by atoms with Gasteiger partial charge >= 0.3 is 0 Å². The highest BCUT2D eigenvalue weighted by Gasteiger charge is 2.10. The van der Waals surface area contributed by atoms with Crippen molar-refractivity contribution >= 4 is 39.2 Å². The molecule has 0 spiro atoms. The van der Waals surface area contributed by atoms with Crippen LogP contribution in [0.2, 0.25) is 0 Å². The molecule has 5 rings (SSSR count). The van der Waals surface area contributed by atoms with Gasteiger partial charge in [-0.2, -0.15) is 0 Å². The molecular formula is C23H18N4OS2. The van der Waals surface area contributed by atoms with Gasteiger partial charge in [0.2, 0.25) is 5.91 Å². The number of aryl methyl sites for hydroxylation is 1. The smallest absolute Gasteiger partial charge is 0.230 e. The fourth-order valence-electron chi connectivity index (χ4n) is 3.18. The second-order valence-electron chi connectivity index (χ2n) is 7.03. The number of hydrogen-bond acceptors (Lipinski definition) is 5. The Morgan fingerprint density at radius 3 is 2.53 bits per heavy atom. The molecule has 0 saturated heterocycles. The van der Waals surface area contributed by atoms with Crippen molar-refractivity contribution in [2.75, 3.05) is 5.32 Å². The zero-order valence-electron chi connectivity index (χ0n) is 16.2. The number of carbonyl (C=O) groups excluding carboxylic acids is 1. The molecular weight excluding hydrogens is 412 g/mol. The van der Waals surface area contributed by atoms with Gasteiger partial charge in [0, 0.05) is 40.0 Å². The minimum atomic E-state index is -0.0778. The molecule has 7 heteroatoms. The van der Waals surface area contributed by atoms with Crippen molar-refractivity contribution in [3.63, 3.8) is 0 Å². The molecule has 0 bridgehead atoms. The Bertz CT molecular complexity index is 1290. The summed E-state index contributed by atoms with van der Waals surface area (Å²) in [6, 6.07) is 16.0. The summed E-state index contributed by atoms with van der Waals surface area (Å²) in [7, 11) is 0. The van der Waals surface area contributed by atoms with E-state index in [4.69, 9.17) is 0 Å². The van der Waals surface area contributed by atoms with E-state index >= 15 is 0 Å². The normalized spacial score (nSPS) is 11.1. The van der Waals surface area contributed by atoms with Crippen molar-refractivity contribution < 1.29 is 4.79 Å². The third-order valence-electron chi connectivity index (χ3n) is 4.75. The fourth-order valence-corrected chi connectivity index (χ4v) is 4.70. The molecule has 0 saturated carbocycles. The fraction of sp³-hybridized carbons (Fsp3) is 0.0870. The molecule has 0 fully saturated rings. The van der Waals surface area contributed by atoms with Crippen LogP contribution in [0, 0.1) is 6.92 Å². The third-order valence-corrected chi connectivity index (χ3v) is 6.46. The van der Waals surface area contributed by atoms with E-state index in [9.17, 15) is 4.79 Å². The Hall–Kier alpha value is -3.29. The Kier molecular flexibility index (Phi) is 4.90. The largest absolute Gasteiger partial charge is 0.326 e. The van der Waals surface area contributed by atoms with Crippen molar-refractivity contribution in [2.45, 2.75) is 13.3 Å². The summed E-state index contributed by atoms with van der Waals surface area (Å²) in [5.41, 5.74) is 5.78. The average Bonchev–Trinajstić information content (AvgIpc) is 3.45. The Morgan fingerprint density at radius 1 is 1.00 bits per heavy atom. The molecule has 5 aromatic rings. The van der Waals surface area contributed by atoms with Gasteiger partial charge in [0.1, 0.15) is 5.01 Å². The summed E-state index contributed by atoms with van der Waals surface area (Å²) < 4.78 is 2.01. The van der Waals surface area contributed by atoms with Crippen LogP contribution in [0.4, 0.5) is 5.69 Å². The first-order chi connectivity index (χ1) is 14.6. The van der Waals surface area contributed by atoms with Crippen LogP contribution in [-0.2, 0) is 11.2 Å². The summed E-state index contributed by atoms with van der Waals surface area (Å²) in [6.07, 6.45) is 4.25. The van der Waals surface area contributed by atoms with Crippen LogP contribution in [0.5, 0.6) is 0 Å². The highest BCUT2D eigenvalue weighted by Crippen LogP contribution is 2.25. The van der Waals surface area contributed by atoms with Gasteiger partial charge in [0.25, 0.3) is 0 Å². The Balaban J connectivity index is 1.23. The maximum Gasteiger partial charge on any atom is 0.230 e. The molecule has 2 aromatic carbocycles. The summed E-state index contributed by atoms with van der Waals surface area (Å²) in [5, 5.41) is 7.84. The molecule has 0 unspecified atom stereocenters. The van der Waals surface area contributed by atoms with E-state index in [0.29, 0.717) is 0 Å².